The molecular formula is C56H37NO. The second kappa shape index (κ2) is 14.1. The summed E-state index contributed by atoms with van der Waals surface area (Å²) in [5, 5.41) is 6.34. The topological polar surface area (TPSA) is 16.4 Å². The summed E-state index contributed by atoms with van der Waals surface area (Å²) >= 11 is 0. The third kappa shape index (κ3) is 5.91. The van der Waals surface area contributed by atoms with Gasteiger partial charge in [-0.05, 0) is 115 Å². The first-order valence-electron chi connectivity index (χ1n) is 21.5. The number of anilines is 3. The van der Waals surface area contributed by atoms with Crippen molar-refractivity contribution >= 4 is 60.5 Å². The van der Waals surface area contributed by atoms with Gasteiger partial charge in [-0.2, -0.15) is 0 Å². The van der Waals surface area contributed by atoms with E-state index in [4.69, 9.17) is 4.42 Å². The van der Waals surface area contributed by atoms with Gasteiger partial charge >= 0.3 is 0 Å². The van der Waals surface area contributed by atoms with Gasteiger partial charge in [0.15, 0.2) is 0 Å². The number of hydrogen-bond donors (Lipinski definition) is 0. The Kier molecular flexibility index (Phi) is 7.20. The van der Waals surface area contributed by atoms with Gasteiger partial charge in [0.2, 0.25) is 0 Å². The molecule has 0 unspecified atom stereocenters. The number of rotatable bonds is 7. The lowest BCUT2D eigenvalue weighted by Gasteiger charge is -2.26. The summed E-state index contributed by atoms with van der Waals surface area (Å²) in [6, 6.07) is 67.0. The molecule has 0 N–H and O–H groups in total. The predicted octanol–water partition coefficient (Wildman–Crippen LogP) is 16.0. The molecule has 11 aromatic rings. The lowest BCUT2D eigenvalue weighted by atomic mass is 9.96. The minimum absolute atomic E-state index is 0.126. The normalized spacial score (nSPS) is 12.4. The molecular weight excluding hydrogens is 703 g/mol. The molecule has 0 aliphatic rings. The van der Waals surface area contributed by atoms with Gasteiger partial charge < -0.3 is 9.32 Å². The molecule has 0 saturated heterocycles. The lowest BCUT2D eigenvalue weighted by molar-refractivity contribution is 0.669. The van der Waals surface area contributed by atoms with E-state index in [2.05, 4.69) is 121 Å². The maximum absolute atomic E-state index is 9.62. The summed E-state index contributed by atoms with van der Waals surface area (Å²) in [6.45, 7) is 0. The van der Waals surface area contributed by atoms with E-state index in [1.165, 1.54) is 16.3 Å². The Morgan fingerprint density at radius 3 is 1.34 bits per heavy atom. The summed E-state index contributed by atoms with van der Waals surface area (Å²) in [5.74, 6) is 0. The van der Waals surface area contributed by atoms with Crippen molar-refractivity contribution in [3.8, 4) is 44.5 Å². The predicted molar refractivity (Wildman–Crippen MR) is 245 cm³/mol. The van der Waals surface area contributed by atoms with Crippen LogP contribution in [0.3, 0.4) is 0 Å². The van der Waals surface area contributed by atoms with Crippen LogP contribution in [-0.4, -0.2) is 0 Å². The molecule has 0 amide bonds. The summed E-state index contributed by atoms with van der Waals surface area (Å²) in [4.78, 5) is 1.85. The zero-order valence-electron chi connectivity index (χ0n) is 35.4. The van der Waals surface area contributed by atoms with Gasteiger partial charge in [0, 0.05) is 27.8 Å². The van der Waals surface area contributed by atoms with Crippen molar-refractivity contribution in [1.82, 2.24) is 0 Å². The highest BCUT2D eigenvalue weighted by Crippen LogP contribution is 2.41. The van der Waals surface area contributed by atoms with E-state index in [0.29, 0.717) is 28.1 Å². The molecule has 0 spiro atoms. The Morgan fingerprint density at radius 1 is 0.310 bits per heavy atom. The van der Waals surface area contributed by atoms with Crippen molar-refractivity contribution in [2.75, 3.05) is 4.90 Å². The number of furan rings is 1. The molecule has 10 aromatic carbocycles. The van der Waals surface area contributed by atoms with Crippen molar-refractivity contribution in [1.29, 1.82) is 0 Å². The van der Waals surface area contributed by atoms with Crippen LogP contribution in [0.5, 0.6) is 0 Å². The van der Waals surface area contributed by atoms with E-state index >= 15 is 0 Å². The molecule has 0 saturated carbocycles. The molecule has 2 nitrogen and oxygen atoms in total. The van der Waals surface area contributed by atoms with Crippen LogP contribution in [0.4, 0.5) is 17.1 Å². The number of nitrogens with zero attached hydrogens (tertiary/aromatic N) is 1. The van der Waals surface area contributed by atoms with Gasteiger partial charge in [0.05, 0.1) is 5.48 Å². The first kappa shape index (κ1) is 29.6. The molecule has 0 aliphatic heterocycles. The minimum Gasteiger partial charge on any atom is -0.456 e. The van der Waals surface area contributed by atoms with E-state index in [1.54, 1.807) is 0 Å². The summed E-state index contributed by atoms with van der Waals surface area (Å²) in [7, 11) is 0. The van der Waals surface area contributed by atoms with Gasteiger partial charge in [0.1, 0.15) is 11.2 Å². The van der Waals surface area contributed by atoms with Crippen LogP contribution >= 0.6 is 0 Å². The van der Waals surface area contributed by atoms with Crippen LogP contribution < -0.4 is 4.90 Å². The smallest absolute Gasteiger partial charge is 0.136 e. The maximum Gasteiger partial charge on any atom is 0.136 e. The van der Waals surface area contributed by atoms with Crippen molar-refractivity contribution < 1.29 is 9.90 Å². The Bertz CT molecular complexity index is 3460. The summed E-state index contributed by atoms with van der Waals surface area (Å²) in [5.41, 5.74) is 10.3. The molecule has 0 aliphatic carbocycles. The largest absolute Gasteiger partial charge is 0.456 e. The number of benzene rings is 10. The second-order valence-corrected chi connectivity index (χ2v) is 14.6. The fraction of sp³-hybridized carbons (Fsp3) is 0. The van der Waals surface area contributed by atoms with E-state index in [9.17, 15) is 5.48 Å². The Balaban J connectivity index is 1.03. The van der Waals surface area contributed by atoms with Crippen LogP contribution in [0.15, 0.2) is 229 Å². The Hall–Kier alpha value is -7.68. The molecule has 1 aromatic heterocycles. The highest BCUT2D eigenvalue weighted by molar-refractivity contribution is 6.12. The fourth-order valence-electron chi connectivity index (χ4n) is 8.33. The van der Waals surface area contributed by atoms with Gasteiger partial charge in [-0.15, -0.1) is 0 Å². The third-order valence-electron chi connectivity index (χ3n) is 11.2. The van der Waals surface area contributed by atoms with Crippen molar-refractivity contribution in [3.05, 3.63) is 224 Å². The van der Waals surface area contributed by atoms with E-state index < -0.39 is 0 Å². The zero-order valence-corrected chi connectivity index (χ0v) is 31.4. The SMILES string of the molecule is [2H]c1c([2H])c(N(c2ccc(-c3ccc(-c4cccc5ccccc45)cc3)cc2)c2ccc(-c3cccc4ccccc34)cc2)c([2H])c([2H])c1-c1cccc2oc3ccccc3c12. The van der Waals surface area contributed by atoms with Crippen LogP contribution in [0.1, 0.15) is 5.48 Å². The van der Waals surface area contributed by atoms with E-state index in [1.807, 2.05) is 83.8 Å². The first-order chi connectivity index (χ1) is 30.4. The lowest BCUT2D eigenvalue weighted by Crippen LogP contribution is -2.09. The van der Waals surface area contributed by atoms with Gasteiger partial charge in [-0.25, -0.2) is 0 Å². The minimum atomic E-state index is -0.142. The second-order valence-electron chi connectivity index (χ2n) is 14.6. The van der Waals surface area contributed by atoms with Crippen molar-refractivity contribution in [2.24, 2.45) is 0 Å². The standard InChI is InChI=1S/C56H37NO/c1-3-14-48-40(10-1)12-7-17-50(48)42-24-22-38(23-25-42)39-26-32-45(33-27-39)57(46-34-28-43(29-35-46)51-18-8-13-41-11-2-4-15-49(41)51)47-36-30-44(31-37-47)52-19-9-21-55-56(52)53-16-5-6-20-54(53)58-55/h1-37H/i30D,31D,36D,37D. The van der Waals surface area contributed by atoms with E-state index in [0.717, 1.165) is 49.4 Å². The van der Waals surface area contributed by atoms with Crippen molar-refractivity contribution in [3.63, 3.8) is 0 Å². The van der Waals surface area contributed by atoms with Crippen LogP contribution in [0.25, 0.3) is 88.0 Å². The molecule has 11 rings (SSSR count). The summed E-state index contributed by atoms with van der Waals surface area (Å²) < 4.78 is 44.4. The van der Waals surface area contributed by atoms with Crippen LogP contribution in [0.2, 0.25) is 0 Å². The average molecular weight is 744 g/mol. The highest BCUT2D eigenvalue weighted by Gasteiger charge is 2.16. The van der Waals surface area contributed by atoms with Gasteiger partial charge in [-0.3, -0.25) is 0 Å². The van der Waals surface area contributed by atoms with Crippen LogP contribution in [-0.2, 0) is 0 Å². The maximum atomic E-state index is 9.62. The molecule has 272 valence electrons. The molecule has 0 radical (unpaired) electrons. The third-order valence-corrected chi connectivity index (χ3v) is 11.2. The van der Waals surface area contributed by atoms with Gasteiger partial charge in [-0.1, -0.05) is 176 Å². The molecule has 0 bridgehead atoms. The quantitative estimate of drug-likeness (QED) is 0.162. The monoisotopic (exact) mass is 743 g/mol. The number of fused-ring (bicyclic) bond motifs is 5. The van der Waals surface area contributed by atoms with Crippen LogP contribution in [0, 0.1) is 0 Å². The molecule has 58 heavy (non-hydrogen) atoms. The number of hydrogen-bond acceptors (Lipinski definition) is 2. The summed E-state index contributed by atoms with van der Waals surface area (Å²) in [6.07, 6.45) is 0. The molecule has 2 heteroatoms. The fourth-order valence-corrected chi connectivity index (χ4v) is 8.33. The number of para-hydroxylation sites is 1. The highest BCUT2D eigenvalue weighted by atomic mass is 16.3. The van der Waals surface area contributed by atoms with Crippen molar-refractivity contribution in [2.45, 2.75) is 0 Å². The molecule has 0 atom stereocenters. The Labute approximate surface area is 343 Å². The van der Waals surface area contributed by atoms with E-state index in [-0.39, 0.29) is 35.4 Å². The molecule has 0 fully saturated rings. The average Bonchev–Trinajstić information content (AvgIpc) is 3.72. The first-order valence-corrected chi connectivity index (χ1v) is 19.5. The van der Waals surface area contributed by atoms with Gasteiger partial charge in [0.25, 0.3) is 0 Å². The molecule has 1 heterocycles. The zero-order chi connectivity index (χ0) is 41.9. The Morgan fingerprint density at radius 2 is 0.741 bits per heavy atom.